The van der Waals surface area contributed by atoms with Gasteiger partial charge in [-0.25, -0.2) is 8.42 Å². The number of nitrogens with one attached hydrogen (secondary N) is 1. The summed E-state index contributed by atoms with van der Waals surface area (Å²) in [4.78, 5) is 30.0. The second-order valence-electron chi connectivity index (χ2n) is 11.3. The van der Waals surface area contributed by atoms with Crippen LogP contribution in [0.5, 0.6) is 0 Å². The molecular weight excluding hydrogens is 606 g/mol. The smallest absolute Gasteiger partial charge is 0.264 e. The summed E-state index contributed by atoms with van der Waals surface area (Å²) in [6.45, 7) is 7.23. The van der Waals surface area contributed by atoms with Gasteiger partial charge < -0.3 is 10.2 Å². The lowest BCUT2D eigenvalue weighted by Crippen LogP contribution is -2.54. The zero-order valence-electron chi connectivity index (χ0n) is 26.1. The summed E-state index contributed by atoms with van der Waals surface area (Å²) in [6.07, 6.45) is 0.960. The van der Waals surface area contributed by atoms with Crippen molar-refractivity contribution in [2.75, 3.05) is 10.8 Å². The summed E-state index contributed by atoms with van der Waals surface area (Å²) in [6, 6.07) is 29.0. The van der Waals surface area contributed by atoms with Gasteiger partial charge in [0.05, 0.1) is 10.6 Å². The fraction of sp³-hybridized carbons (Fsp3) is 0.278. The molecule has 0 unspecified atom stereocenters. The summed E-state index contributed by atoms with van der Waals surface area (Å²) >= 11 is 6.16. The first-order chi connectivity index (χ1) is 21.5. The molecule has 4 aromatic rings. The highest BCUT2D eigenvalue weighted by Crippen LogP contribution is 2.27. The Morgan fingerprint density at radius 1 is 0.822 bits per heavy atom. The molecule has 7 nitrogen and oxygen atoms in total. The Bertz CT molecular complexity index is 1680. The summed E-state index contributed by atoms with van der Waals surface area (Å²) in [7, 11) is -4.15. The predicted octanol–water partition coefficient (Wildman–Crippen LogP) is 6.71. The maximum absolute atomic E-state index is 14.6. The van der Waals surface area contributed by atoms with Gasteiger partial charge in [-0.3, -0.25) is 13.9 Å². The van der Waals surface area contributed by atoms with Crippen LogP contribution < -0.4 is 9.62 Å². The number of hydrogen-bond acceptors (Lipinski definition) is 4. The van der Waals surface area contributed by atoms with Crippen molar-refractivity contribution in [2.45, 2.75) is 64.1 Å². The number of amides is 2. The van der Waals surface area contributed by atoms with Crippen molar-refractivity contribution in [1.29, 1.82) is 0 Å². The number of rotatable bonds is 13. The van der Waals surface area contributed by atoms with E-state index in [0.29, 0.717) is 17.1 Å². The van der Waals surface area contributed by atoms with Crippen LogP contribution in [-0.2, 0) is 32.6 Å². The molecule has 4 rings (SSSR count). The van der Waals surface area contributed by atoms with Crippen LogP contribution >= 0.6 is 11.6 Å². The maximum atomic E-state index is 14.6. The van der Waals surface area contributed by atoms with Crippen LogP contribution in [-0.4, -0.2) is 43.8 Å². The van der Waals surface area contributed by atoms with Crippen molar-refractivity contribution in [3.8, 4) is 0 Å². The Kier molecular flexibility index (Phi) is 11.4. The quantitative estimate of drug-likeness (QED) is 0.175. The monoisotopic (exact) mass is 645 g/mol. The Labute approximate surface area is 271 Å². The molecule has 0 aliphatic rings. The molecule has 0 fully saturated rings. The number of carbonyl (C=O) groups is 2. The van der Waals surface area contributed by atoms with E-state index in [1.54, 1.807) is 54.6 Å². The molecular formula is C36H40ClN3O4S. The lowest BCUT2D eigenvalue weighted by atomic mass is 10.0. The molecule has 1 N–H and O–H groups in total. The van der Waals surface area contributed by atoms with E-state index >= 15 is 0 Å². The van der Waals surface area contributed by atoms with Gasteiger partial charge in [-0.15, -0.1) is 0 Å². The molecule has 0 bridgehead atoms. The molecule has 0 aromatic heterocycles. The van der Waals surface area contributed by atoms with E-state index < -0.39 is 28.5 Å². The zero-order valence-corrected chi connectivity index (χ0v) is 27.7. The van der Waals surface area contributed by atoms with E-state index in [9.17, 15) is 18.0 Å². The van der Waals surface area contributed by atoms with E-state index in [1.165, 1.54) is 17.0 Å². The average molecular weight is 646 g/mol. The van der Waals surface area contributed by atoms with Gasteiger partial charge in [-0.05, 0) is 85.8 Å². The lowest BCUT2D eigenvalue weighted by molar-refractivity contribution is -0.140. The number of nitrogens with zero attached hydrogens (tertiary/aromatic N) is 2. The third-order valence-corrected chi connectivity index (χ3v) is 9.68. The van der Waals surface area contributed by atoms with E-state index in [1.807, 2.05) is 64.1 Å². The van der Waals surface area contributed by atoms with Crippen LogP contribution in [0.25, 0.3) is 0 Å². The SMILES string of the molecule is CC[C@@H](C)NC(=O)[C@H](Cc1ccccc1)N(Cc1ccc(Cl)cc1)C(=O)CN(c1cc(C)cc(C)c1)S(=O)(=O)c1ccccc1. The van der Waals surface area contributed by atoms with Crippen LogP contribution in [0.1, 0.15) is 42.5 Å². The van der Waals surface area contributed by atoms with E-state index in [2.05, 4.69) is 5.32 Å². The number of anilines is 1. The van der Waals surface area contributed by atoms with Crippen molar-refractivity contribution < 1.29 is 18.0 Å². The van der Waals surface area contributed by atoms with E-state index in [-0.39, 0.29) is 29.8 Å². The summed E-state index contributed by atoms with van der Waals surface area (Å²) in [5, 5.41) is 3.59. The third-order valence-electron chi connectivity index (χ3n) is 7.64. The molecule has 0 aliphatic carbocycles. The number of aryl methyl sites for hydroxylation is 2. The third kappa shape index (κ3) is 8.96. The molecule has 2 amide bonds. The molecule has 0 radical (unpaired) electrons. The van der Waals surface area contributed by atoms with Crippen LogP contribution in [0.2, 0.25) is 5.02 Å². The maximum Gasteiger partial charge on any atom is 0.264 e. The van der Waals surface area contributed by atoms with Gasteiger partial charge in [0, 0.05) is 24.0 Å². The second kappa shape index (κ2) is 15.2. The van der Waals surface area contributed by atoms with E-state index in [4.69, 9.17) is 11.6 Å². The fourth-order valence-electron chi connectivity index (χ4n) is 5.12. The molecule has 0 saturated heterocycles. The zero-order chi connectivity index (χ0) is 32.6. The Morgan fingerprint density at radius 3 is 1.98 bits per heavy atom. The standard InChI is InChI=1S/C36H40ClN3O4S/c1-5-28(4)38-36(42)34(23-29-12-8-6-9-13-29)39(24-30-16-18-31(37)19-17-30)35(41)25-40(32-21-26(2)20-27(3)22-32)45(43,44)33-14-10-7-11-15-33/h6-22,28,34H,5,23-25H2,1-4H3,(H,38,42)/t28-,34+/m1/s1. The molecule has 45 heavy (non-hydrogen) atoms. The average Bonchev–Trinajstić information content (AvgIpc) is 3.02. The lowest BCUT2D eigenvalue weighted by Gasteiger charge is -2.34. The molecule has 4 aromatic carbocycles. The van der Waals surface area contributed by atoms with Gasteiger partial charge in [-0.1, -0.05) is 85.3 Å². The highest BCUT2D eigenvalue weighted by Gasteiger charge is 2.35. The first-order valence-electron chi connectivity index (χ1n) is 15.0. The number of sulfonamides is 1. The van der Waals surface area contributed by atoms with Crippen molar-refractivity contribution >= 4 is 39.1 Å². The van der Waals surface area contributed by atoms with Crippen molar-refractivity contribution in [1.82, 2.24) is 10.2 Å². The molecule has 0 spiro atoms. The first kappa shape index (κ1) is 33.7. The van der Waals surface area contributed by atoms with E-state index in [0.717, 1.165) is 26.6 Å². The fourth-order valence-corrected chi connectivity index (χ4v) is 6.67. The van der Waals surface area contributed by atoms with Crippen LogP contribution in [0.3, 0.4) is 0 Å². The minimum absolute atomic E-state index is 0.0663. The Morgan fingerprint density at radius 2 is 1.40 bits per heavy atom. The number of carbonyl (C=O) groups excluding carboxylic acids is 2. The van der Waals surface area contributed by atoms with Gasteiger partial charge in [0.1, 0.15) is 12.6 Å². The van der Waals surface area contributed by atoms with Gasteiger partial charge >= 0.3 is 0 Å². The van der Waals surface area contributed by atoms with Gasteiger partial charge in [0.15, 0.2) is 0 Å². The summed E-state index contributed by atoms with van der Waals surface area (Å²) < 4.78 is 29.4. The number of hydrogen-bond donors (Lipinski definition) is 1. The van der Waals surface area contributed by atoms with Crippen molar-refractivity contribution in [3.63, 3.8) is 0 Å². The van der Waals surface area contributed by atoms with Crippen LogP contribution in [0.15, 0.2) is 108 Å². The first-order valence-corrected chi connectivity index (χ1v) is 16.8. The summed E-state index contributed by atoms with van der Waals surface area (Å²) in [5.74, 6) is -0.816. The van der Waals surface area contributed by atoms with Crippen LogP contribution in [0, 0.1) is 13.8 Å². The van der Waals surface area contributed by atoms with Gasteiger partial charge in [-0.2, -0.15) is 0 Å². The number of benzene rings is 4. The molecule has 0 heterocycles. The second-order valence-corrected chi connectivity index (χ2v) is 13.6. The Hall–Kier alpha value is -4.14. The minimum atomic E-state index is -4.15. The molecule has 0 saturated carbocycles. The van der Waals surface area contributed by atoms with Crippen LogP contribution in [0.4, 0.5) is 5.69 Å². The Balaban J connectivity index is 1.82. The van der Waals surface area contributed by atoms with Gasteiger partial charge in [0.2, 0.25) is 11.8 Å². The topological polar surface area (TPSA) is 86.8 Å². The highest BCUT2D eigenvalue weighted by molar-refractivity contribution is 7.92. The normalized spacial score (nSPS) is 12.6. The highest BCUT2D eigenvalue weighted by atomic mass is 35.5. The molecule has 9 heteroatoms. The number of halogens is 1. The largest absolute Gasteiger partial charge is 0.352 e. The van der Waals surface area contributed by atoms with Crippen molar-refractivity contribution in [2.24, 2.45) is 0 Å². The summed E-state index contributed by atoms with van der Waals surface area (Å²) in [5.41, 5.74) is 3.72. The predicted molar refractivity (Wildman–Crippen MR) is 181 cm³/mol. The molecule has 2 atom stereocenters. The molecule has 236 valence electrons. The molecule has 0 aliphatic heterocycles. The van der Waals surface area contributed by atoms with Crippen molar-refractivity contribution in [3.05, 3.63) is 130 Å². The minimum Gasteiger partial charge on any atom is -0.352 e. The van der Waals surface area contributed by atoms with Gasteiger partial charge in [0.25, 0.3) is 10.0 Å².